The minimum atomic E-state index is 0. The third kappa shape index (κ3) is 14.4. The van der Waals surface area contributed by atoms with Gasteiger partial charge in [0.2, 0.25) is 0 Å². The van der Waals surface area contributed by atoms with E-state index >= 15 is 0 Å². The predicted octanol–water partition coefficient (Wildman–Crippen LogP) is 37.4. The van der Waals surface area contributed by atoms with Gasteiger partial charge in [-0.3, -0.25) is 0 Å². The summed E-state index contributed by atoms with van der Waals surface area (Å²) in [6.07, 6.45) is 0. The molecule has 8 heteroatoms. The third-order valence-corrected chi connectivity index (χ3v) is 30.4. The molecule has 0 atom stereocenters. The lowest BCUT2D eigenvalue weighted by Gasteiger charge is -2.09. The van der Waals surface area contributed by atoms with Gasteiger partial charge < -0.3 is 27.3 Å². The number of fused-ring (bicyclic) bond motifs is 24. The van der Waals surface area contributed by atoms with E-state index in [2.05, 4.69) is 506 Å². The number of para-hydroxylation sites is 8. The summed E-state index contributed by atoms with van der Waals surface area (Å²) in [6, 6.07) is 169. The van der Waals surface area contributed by atoms with Crippen LogP contribution in [0.25, 0.3) is 244 Å². The van der Waals surface area contributed by atoms with Crippen LogP contribution in [0.1, 0.15) is 29.7 Å². The lowest BCUT2D eigenvalue weighted by atomic mass is 10.0. The number of aromatic nitrogens is 5. The van der Waals surface area contributed by atoms with Gasteiger partial charge in [-0.05, 0) is 249 Å². The Bertz CT molecular complexity index is 9590. The molecule has 0 N–H and O–H groups in total. The fourth-order valence-corrected chi connectivity index (χ4v) is 23.7. The van der Waals surface area contributed by atoms with Crippen molar-refractivity contribution in [3.05, 3.63) is 489 Å². The second kappa shape index (κ2) is 34.3. The van der Waals surface area contributed by atoms with Gasteiger partial charge in [0.1, 0.15) is 11.2 Å². The molecule has 29 rings (SSSR count). The lowest BCUT2D eigenvalue weighted by molar-refractivity contribution is 0.670. The zero-order chi connectivity index (χ0) is 91.7. The summed E-state index contributed by atoms with van der Waals surface area (Å²) < 4.78 is 23.6. The number of furan rings is 1. The van der Waals surface area contributed by atoms with E-state index in [1.54, 1.807) is 0 Å². The maximum absolute atomic E-state index is 6.32. The highest BCUT2D eigenvalue weighted by atomic mass is 32.1. The van der Waals surface area contributed by atoms with E-state index in [0.717, 1.165) is 27.5 Å². The Balaban J connectivity index is 0.0000000980. The Morgan fingerprint density at radius 1 is 0.173 bits per heavy atom. The van der Waals surface area contributed by atoms with Gasteiger partial charge in [0, 0.05) is 139 Å². The molecule has 0 unspecified atom stereocenters. The van der Waals surface area contributed by atoms with Gasteiger partial charge in [-0.25, -0.2) is 0 Å². The largest absolute Gasteiger partial charge is 0.455 e. The van der Waals surface area contributed by atoms with E-state index in [4.69, 9.17) is 4.42 Å². The molecule has 0 aliphatic carbocycles. The van der Waals surface area contributed by atoms with E-state index in [-0.39, 0.29) is 7.43 Å². The monoisotopic (exact) mass is 1820 g/mol. The number of hydrogen-bond donors (Lipinski definition) is 0. The number of nitrogens with zero attached hydrogens (tertiary/aromatic N) is 5. The molecule has 8 heterocycles. The van der Waals surface area contributed by atoms with Crippen molar-refractivity contribution in [3.8, 4) is 72.9 Å². The molecule has 660 valence electrons. The van der Waals surface area contributed by atoms with E-state index in [1.807, 2.05) is 34.8 Å². The van der Waals surface area contributed by atoms with Gasteiger partial charge in [0.25, 0.3) is 0 Å². The molecule has 29 aromatic rings. The zero-order valence-corrected chi connectivity index (χ0v) is 78.0. The molecule has 0 aliphatic heterocycles. The van der Waals surface area contributed by atoms with Crippen LogP contribution < -0.4 is 0 Å². The average molecular weight is 1820 g/mol. The summed E-state index contributed by atoms with van der Waals surface area (Å²) in [4.78, 5) is 0. The van der Waals surface area contributed by atoms with Crippen LogP contribution in [0.15, 0.2) is 472 Å². The maximum atomic E-state index is 6.32. The first-order chi connectivity index (χ1) is 68.1. The molecule has 0 saturated carbocycles. The molecule has 0 fully saturated rings. The smallest absolute Gasteiger partial charge is 0.143 e. The summed E-state index contributed by atoms with van der Waals surface area (Å²) in [7, 11) is 0. The Labute approximate surface area is 812 Å². The van der Waals surface area contributed by atoms with Crippen molar-refractivity contribution in [2.75, 3.05) is 0 Å². The molecule has 139 heavy (non-hydrogen) atoms. The molecule has 0 amide bonds. The van der Waals surface area contributed by atoms with Crippen molar-refractivity contribution < 1.29 is 4.42 Å². The van der Waals surface area contributed by atoms with Gasteiger partial charge in [-0.2, -0.15) is 0 Å². The molecule has 0 radical (unpaired) electrons. The predicted molar refractivity (Wildman–Crippen MR) is 598 cm³/mol. The Morgan fingerprint density at radius 2 is 0.439 bits per heavy atom. The van der Waals surface area contributed by atoms with Crippen LogP contribution >= 0.6 is 22.7 Å². The van der Waals surface area contributed by atoms with Crippen molar-refractivity contribution >= 4 is 194 Å². The minimum Gasteiger partial charge on any atom is -0.455 e. The minimum absolute atomic E-state index is 0. The van der Waals surface area contributed by atoms with Crippen molar-refractivity contribution in [1.29, 1.82) is 0 Å². The SMILES string of the molecule is C.Cc1ccc(-n2c3ccccc3c3cc(-c4ccc5c(c4)c4ccccc4n5-c4ccccc4)ccc32)cc1.Cc1ccc(-n2c3ccccc3c3cc(-c4ccc5sc6ccccc6c5c4)ccc32)cc1.Cc1ccc(-n2c3ccccc3c3cc(-c4cccc5c4oc4ccccc45)ccc32)cc1.Cc1ccc(-n2c3ccccc3c3cc(-c4cccc5c4sc4ccccc45)ccc32)cc1. The number of aryl methyl sites for hydroxylation is 4. The average Bonchev–Trinajstić information content (AvgIpc) is 1.59. The van der Waals surface area contributed by atoms with E-state index in [1.165, 1.54) is 239 Å². The first kappa shape index (κ1) is 83.7. The lowest BCUT2D eigenvalue weighted by Crippen LogP contribution is -1.93. The summed E-state index contributed by atoms with van der Waals surface area (Å²) in [6.45, 7) is 8.53. The van der Waals surface area contributed by atoms with Crippen LogP contribution in [-0.4, -0.2) is 22.8 Å². The highest BCUT2D eigenvalue weighted by Crippen LogP contribution is 2.47. The summed E-state index contributed by atoms with van der Waals surface area (Å²) in [5.41, 5.74) is 35.1. The van der Waals surface area contributed by atoms with Crippen LogP contribution in [0.4, 0.5) is 0 Å². The first-order valence-electron chi connectivity index (χ1n) is 47.3. The number of benzene rings is 21. The quantitative estimate of drug-likeness (QED) is 0.142. The van der Waals surface area contributed by atoms with Crippen molar-refractivity contribution in [2.45, 2.75) is 35.1 Å². The number of hydrogen-bond acceptors (Lipinski definition) is 3. The van der Waals surface area contributed by atoms with Crippen molar-refractivity contribution in [3.63, 3.8) is 0 Å². The Hall–Kier alpha value is -17.1. The van der Waals surface area contributed by atoms with Crippen LogP contribution in [0.2, 0.25) is 0 Å². The van der Waals surface area contributed by atoms with E-state index < -0.39 is 0 Å². The zero-order valence-electron chi connectivity index (χ0n) is 76.4. The molecule has 0 aliphatic rings. The Kier molecular flexibility index (Phi) is 20.7. The molecular formula is C131H93N5OS2. The number of rotatable bonds is 9. The molecule has 6 nitrogen and oxygen atoms in total. The van der Waals surface area contributed by atoms with Gasteiger partial charge in [0.05, 0.1) is 55.2 Å². The first-order valence-corrected chi connectivity index (χ1v) is 48.9. The van der Waals surface area contributed by atoms with E-state index in [0.29, 0.717) is 0 Å². The van der Waals surface area contributed by atoms with Crippen LogP contribution in [0, 0.1) is 27.7 Å². The summed E-state index contributed by atoms with van der Waals surface area (Å²) in [5.74, 6) is 0. The van der Waals surface area contributed by atoms with Gasteiger partial charge in [-0.1, -0.05) is 315 Å². The van der Waals surface area contributed by atoms with Crippen LogP contribution in [-0.2, 0) is 0 Å². The second-order valence-corrected chi connectivity index (χ2v) is 38.6. The van der Waals surface area contributed by atoms with E-state index in [9.17, 15) is 0 Å². The molecule has 0 saturated heterocycles. The number of thiophene rings is 2. The standard InChI is InChI=1S/C37H26N2.C31H21NO.2C31H21NS.CH4/c1-25-15-19-29(20-16-25)39-35-14-8-6-12-31(35)33-24-27(18-22-37(33)39)26-17-21-36-32(23-26)30-11-5-7-13-34(30)38(36)28-9-3-2-4-10-28;2*1-20-13-16-22(17-14-20)32-28-11-4-2-7-24(28)27-19-21(15-18-29(27)32)23-9-6-10-26-25-8-3-5-12-30(25)33-31(23)26;1-20-10-14-23(15-11-20)32-28-8-4-2-6-24(28)26-18-21(12-16-29(26)32)22-13-17-31-27(19-22)25-7-3-5-9-30(25)33-31;/h2-24H,1H3;3*2-19H,1H3;1H4. The highest BCUT2D eigenvalue weighted by molar-refractivity contribution is 7.26. The van der Waals surface area contributed by atoms with Gasteiger partial charge >= 0.3 is 0 Å². The van der Waals surface area contributed by atoms with Gasteiger partial charge in [0.15, 0.2) is 0 Å². The van der Waals surface area contributed by atoms with Crippen molar-refractivity contribution in [2.24, 2.45) is 0 Å². The molecular weight excluding hydrogens is 1720 g/mol. The maximum Gasteiger partial charge on any atom is 0.143 e. The van der Waals surface area contributed by atoms with Crippen molar-refractivity contribution in [1.82, 2.24) is 22.8 Å². The normalized spacial score (nSPS) is 11.7. The van der Waals surface area contributed by atoms with Crippen LogP contribution in [0.3, 0.4) is 0 Å². The molecule has 8 aromatic heterocycles. The van der Waals surface area contributed by atoms with Gasteiger partial charge in [-0.15, -0.1) is 22.7 Å². The second-order valence-electron chi connectivity index (χ2n) is 36.5. The fraction of sp³-hybridized carbons (Fsp3) is 0.0382. The highest BCUT2D eigenvalue weighted by Gasteiger charge is 2.23. The Morgan fingerprint density at radius 3 is 0.842 bits per heavy atom. The fourth-order valence-electron chi connectivity index (χ4n) is 21.3. The molecule has 21 aromatic carbocycles. The summed E-state index contributed by atoms with van der Waals surface area (Å²) >= 11 is 3.76. The molecule has 0 bridgehead atoms. The molecule has 0 spiro atoms. The van der Waals surface area contributed by atoms with Crippen LogP contribution in [0.5, 0.6) is 0 Å². The summed E-state index contributed by atoms with van der Waals surface area (Å²) in [5, 5.41) is 20.5. The topological polar surface area (TPSA) is 37.8 Å². The third-order valence-electron chi connectivity index (χ3n) is 28.0.